The van der Waals surface area contributed by atoms with E-state index in [9.17, 15) is 9.59 Å². The van der Waals surface area contributed by atoms with Crippen LogP contribution in [0.4, 0.5) is 4.79 Å². The maximum absolute atomic E-state index is 12.0. The molecule has 0 saturated carbocycles. The first kappa shape index (κ1) is 17.6. The molecule has 1 N–H and O–H groups in total. The predicted octanol–water partition coefficient (Wildman–Crippen LogP) is 2.53. The van der Waals surface area contributed by atoms with Crippen molar-refractivity contribution in [2.24, 2.45) is 0 Å². The number of rotatable bonds is 4. The molecule has 0 aliphatic carbocycles. The first-order valence-electron chi connectivity index (χ1n) is 7.95. The Morgan fingerprint density at radius 1 is 1.22 bits per heavy atom. The van der Waals surface area contributed by atoms with Gasteiger partial charge >= 0.3 is 6.03 Å². The summed E-state index contributed by atoms with van der Waals surface area (Å²) in [6, 6.07) is 7.77. The molecule has 1 aliphatic rings. The van der Waals surface area contributed by atoms with Gasteiger partial charge in [0, 0.05) is 44.7 Å². The number of hydrogen-bond acceptors (Lipinski definition) is 2. The highest BCUT2D eigenvalue weighted by atomic mass is 35.5. The maximum Gasteiger partial charge on any atom is 0.319 e. The number of carbonyl (C=O) groups is 2. The van der Waals surface area contributed by atoms with Gasteiger partial charge < -0.3 is 15.1 Å². The fraction of sp³-hybridized carbons (Fsp3) is 0.529. The molecule has 23 heavy (non-hydrogen) atoms. The van der Waals surface area contributed by atoms with Crippen LogP contribution in [0, 0.1) is 0 Å². The second-order valence-electron chi connectivity index (χ2n) is 6.13. The third kappa shape index (κ3) is 5.43. The number of nitrogens with one attached hydrogen (secondary N) is 1. The number of nitrogens with zero attached hydrogens (tertiary/aromatic N) is 2. The van der Waals surface area contributed by atoms with Gasteiger partial charge in [0.05, 0.1) is 0 Å². The van der Waals surface area contributed by atoms with Gasteiger partial charge in [-0.2, -0.15) is 0 Å². The van der Waals surface area contributed by atoms with Crippen LogP contribution in [-0.4, -0.2) is 55.0 Å². The second-order valence-corrected chi connectivity index (χ2v) is 6.57. The van der Waals surface area contributed by atoms with Gasteiger partial charge in [0.25, 0.3) is 0 Å². The molecule has 0 unspecified atom stereocenters. The van der Waals surface area contributed by atoms with Crippen molar-refractivity contribution in [3.63, 3.8) is 0 Å². The van der Waals surface area contributed by atoms with E-state index in [1.807, 2.05) is 29.2 Å². The highest BCUT2D eigenvalue weighted by molar-refractivity contribution is 6.30. The Morgan fingerprint density at radius 3 is 2.39 bits per heavy atom. The maximum atomic E-state index is 12.0. The molecule has 0 atom stereocenters. The third-order valence-electron chi connectivity index (χ3n) is 4.07. The van der Waals surface area contributed by atoms with Crippen molar-refractivity contribution in [1.29, 1.82) is 0 Å². The molecule has 1 aromatic rings. The summed E-state index contributed by atoms with van der Waals surface area (Å²) in [4.78, 5) is 27.3. The van der Waals surface area contributed by atoms with Gasteiger partial charge in [0.1, 0.15) is 0 Å². The molecule has 0 radical (unpaired) electrons. The van der Waals surface area contributed by atoms with E-state index >= 15 is 0 Å². The minimum Gasteiger partial charge on any atom is -0.353 e. The Balaban J connectivity index is 1.70. The Hall–Kier alpha value is -1.75. The van der Waals surface area contributed by atoms with Crippen molar-refractivity contribution in [3.8, 4) is 0 Å². The first-order valence-corrected chi connectivity index (χ1v) is 8.33. The molecular formula is C17H24ClN3O2. The summed E-state index contributed by atoms with van der Waals surface area (Å²) in [5, 5.41) is 3.78. The quantitative estimate of drug-likeness (QED) is 0.918. The zero-order chi connectivity index (χ0) is 16.8. The number of aryl methyl sites for hydroxylation is 1. The molecule has 0 spiro atoms. The number of hydrogen-bond donors (Lipinski definition) is 1. The number of halogens is 1. The highest BCUT2D eigenvalue weighted by Crippen LogP contribution is 2.13. The molecule has 1 aliphatic heterocycles. The monoisotopic (exact) mass is 337 g/mol. The average Bonchev–Trinajstić information content (AvgIpc) is 2.54. The zero-order valence-corrected chi connectivity index (χ0v) is 14.5. The van der Waals surface area contributed by atoms with Crippen molar-refractivity contribution in [2.45, 2.75) is 31.7 Å². The number of benzene rings is 1. The molecule has 2 rings (SSSR count). The van der Waals surface area contributed by atoms with Crippen molar-refractivity contribution in [3.05, 3.63) is 34.9 Å². The van der Waals surface area contributed by atoms with Gasteiger partial charge in [-0.15, -0.1) is 0 Å². The Morgan fingerprint density at radius 2 is 1.83 bits per heavy atom. The lowest BCUT2D eigenvalue weighted by atomic mass is 10.0. The summed E-state index contributed by atoms with van der Waals surface area (Å²) in [5.41, 5.74) is 1.11. The predicted molar refractivity (Wildman–Crippen MR) is 91.6 cm³/mol. The van der Waals surface area contributed by atoms with E-state index in [0.29, 0.717) is 31.0 Å². The Labute approximate surface area is 142 Å². The SMILES string of the molecule is CN(C)C(=O)N1CCC(NC(=O)CCc2ccc(Cl)cc2)CC1. The first-order chi connectivity index (χ1) is 11.0. The van der Waals surface area contributed by atoms with Crippen LogP contribution >= 0.6 is 11.6 Å². The average molecular weight is 338 g/mol. The summed E-state index contributed by atoms with van der Waals surface area (Å²) in [6.07, 6.45) is 2.80. The normalized spacial score (nSPS) is 15.3. The minimum atomic E-state index is 0.0394. The summed E-state index contributed by atoms with van der Waals surface area (Å²) >= 11 is 5.85. The van der Waals surface area contributed by atoms with Crippen LogP contribution in [0.1, 0.15) is 24.8 Å². The molecule has 0 aromatic heterocycles. The lowest BCUT2D eigenvalue weighted by Gasteiger charge is -2.33. The molecule has 1 saturated heterocycles. The van der Waals surface area contributed by atoms with E-state index in [1.165, 1.54) is 0 Å². The number of urea groups is 1. The highest BCUT2D eigenvalue weighted by Gasteiger charge is 2.24. The Kier molecular flexibility index (Phi) is 6.28. The van der Waals surface area contributed by atoms with Crippen molar-refractivity contribution < 1.29 is 9.59 Å². The minimum absolute atomic E-state index is 0.0394. The van der Waals surface area contributed by atoms with Gasteiger partial charge in [-0.3, -0.25) is 4.79 Å². The lowest BCUT2D eigenvalue weighted by Crippen LogP contribution is -2.49. The zero-order valence-electron chi connectivity index (χ0n) is 13.7. The van der Waals surface area contributed by atoms with Crippen LogP contribution in [0.5, 0.6) is 0 Å². The van der Waals surface area contributed by atoms with E-state index < -0.39 is 0 Å². The van der Waals surface area contributed by atoms with Crippen LogP contribution < -0.4 is 5.32 Å². The van der Waals surface area contributed by atoms with Crippen LogP contribution in [0.15, 0.2) is 24.3 Å². The van der Waals surface area contributed by atoms with Crippen LogP contribution in [0.3, 0.4) is 0 Å². The van der Waals surface area contributed by atoms with Crippen LogP contribution in [0.2, 0.25) is 5.02 Å². The van der Waals surface area contributed by atoms with Crippen LogP contribution in [-0.2, 0) is 11.2 Å². The molecule has 6 heteroatoms. The van der Waals surface area contributed by atoms with Crippen molar-refractivity contribution in [2.75, 3.05) is 27.2 Å². The summed E-state index contributed by atoms with van der Waals surface area (Å²) in [6.45, 7) is 1.39. The Bertz CT molecular complexity index is 537. The van der Waals surface area contributed by atoms with E-state index in [0.717, 1.165) is 18.4 Å². The molecule has 5 nitrogen and oxygen atoms in total. The fourth-order valence-electron chi connectivity index (χ4n) is 2.71. The number of amides is 3. The molecule has 126 valence electrons. The largest absolute Gasteiger partial charge is 0.353 e. The van der Waals surface area contributed by atoms with Gasteiger partial charge in [0.15, 0.2) is 0 Å². The molecule has 1 heterocycles. The second kappa shape index (κ2) is 8.20. The van der Waals surface area contributed by atoms with E-state index in [4.69, 9.17) is 11.6 Å². The standard InChI is InChI=1S/C17H24ClN3O2/c1-20(2)17(23)21-11-9-15(10-12-21)19-16(22)8-5-13-3-6-14(18)7-4-13/h3-4,6-7,15H,5,8-12H2,1-2H3,(H,19,22). The van der Waals surface area contributed by atoms with Gasteiger partial charge in [0.2, 0.25) is 5.91 Å². The summed E-state index contributed by atoms with van der Waals surface area (Å²) < 4.78 is 0. The summed E-state index contributed by atoms with van der Waals surface area (Å²) in [7, 11) is 3.51. The molecule has 1 aromatic carbocycles. The van der Waals surface area contributed by atoms with Crippen molar-refractivity contribution >= 4 is 23.5 Å². The smallest absolute Gasteiger partial charge is 0.319 e. The van der Waals surface area contributed by atoms with Gasteiger partial charge in [-0.05, 0) is 37.0 Å². The topological polar surface area (TPSA) is 52.7 Å². The van der Waals surface area contributed by atoms with E-state index in [-0.39, 0.29) is 18.0 Å². The molecule has 0 bridgehead atoms. The van der Waals surface area contributed by atoms with Gasteiger partial charge in [-0.1, -0.05) is 23.7 Å². The number of likely N-dealkylation sites (tertiary alicyclic amines) is 1. The number of carbonyl (C=O) groups excluding carboxylic acids is 2. The number of piperidine rings is 1. The fourth-order valence-corrected chi connectivity index (χ4v) is 2.83. The molecule has 1 fully saturated rings. The van der Waals surface area contributed by atoms with E-state index in [1.54, 1.807) is 19.0 Å². The van der Waals surface area contributed by atoms with Crippen LogP contribution in [0.25, 0.3) is 0 Å². The lowest BCUT2D eigenvalue weighted by molar-refractivity contribution is -0.122. The van der Waals surface area contributed by atoms with E-state index in [2.05, 4.69) is 5.32 Å². The third-order valence-corrected chi connectivity index (χ3v) is 4.32. The summed E-state index contributed by atoms with van der Waals surface area (Å²) in [5.74, 6) is 0.0670. The van der Waals surface area contributed by atoms with Gasteiger partial charge in [-0.25, -0.2) is 4.79 Å². The molecular weight excluding hydrogens is 314 g/mol. The van der Waals surface area contributed by atoms with Crippen molar-refractivity contribution in [1.82, 2.24) is 15.1 Å². The molecule has 3 amide bonds.